The summed E-state index contributed by atoms with van der Waals surface area (Å²) in [4.78, 5) is -0.0392. The van der Waals surface area contributed by atoms with E-state index in [1.54, 1.807) is 0 Å². The second kappa shape index (κ2) is 6.52. The molecule has 0 aliphatic rings. The number of nitrogen functional groups attached to an aromatic ring is 1. The molecule has 0 bridgehead atoms. The fraction of sp³-hybridized carbons (Fsp3) is 0.417. The van der Waals surface area contributed by atoms with Gasteiger partial charge in [-0.3, -0.25) is 0 Å². The van der Waals surface area contributed by atoms with Gasteiger partial charge in [-0.05, 0) is 30.5 Å². The molecule has 1 aromatic carbocycles. The van der Waals surface area contributed by atoms with Gasteiger partial charge in [-0.25, -0.2) is 13.1 Å². The number of sulfonamides is 1. The zero-order valence-corrected chi connectivity index (χ0v) is 11.4. The summed E-state index contributed by atoms with van der Waals surface area (Å²) in [6.07, 6.45) is 0.519. The van der Waals surface area contributed by atoms with Crippen LogP contribution in [0.4, 0.5) is 5.69 Å². The Morgan fingerprint density at radius 3 is 2.74 bits per heavy atom. The number of aliphatic hydroxyl groups excluding tert-OH is 1. The Hall–Kier alpha value is -1.62. The van der Waals surface area contributed by atoms with Gasteiger partial charge in [0, 0.05) is 13.2 Å². The largest absolute Gasteiger partial charge is 0.398 e. The number of aliphatic hydroxyl groups is 1. The fourth-order valence-corrected chi connectivity index (χ4v) is 2.79. The van der Waals surface area contributed by atoms with Gasteiger partial charge < -0.3 is 10.8 Å². The molecule has 0 saturated carbocycles. The van der Waals surface area contributed by atoms with E-state index in [4.69, 9.17) is 16.1 Å². The van der Waals surface area contributed by atoms with Crippen molar-refractivity contribution in [2.75, 3.05) is 18.9 Å². The molecular formula is C12H17N3O3S. The minimum absolute atomic E-state index is 0.0158. The number of rotatable bonds is 6. The topological polar surface area (TPSA) is 116 Å². The molecule has 7 heteroatoms. The Kier molecular flexibility index (Phi) is 5.30. The molecular weight excluding hydrogens is 266 g/mol. The molecule has 4 N–H and O–H groups in total. The molecule has 1 unspecified atom stereocenters. The van der Waals surface area contributed by atoms with Crippen LogP contribution >= 0.6 is 0 Å². The Morgan fingerprint density at radius 2 is 2.21 bits per heavy atom. The van der Waals surface area contributed by atoms with Crippen molar-refractivity contribution < 1.29 is 13.5 Å². The van der Waals surface area contributed by atoms with Crippen LogP contribution in [0.3, 0.4) is 0 Å². The first kappa shape index (κ1) is 15.4. The van der Waals surface area contributed by atoms with Crippen LogP contribution in [0.25, 0.3) is 0 Å². The van der Waals surface area contributed by atoms with Crippen molar-refractivity contribution in [1.82, 2.24) is 4.72 Å². The Balaban J connectivity index is 2.86. The van der Waals surface area contributed by atoms with Crippen molar-refractivity contribution in [2.45, 2.75) is 18.2 Å². The van der Waals surface area contributed by atoms with E-state index in [0.29, 0.717) is 12.0 Å². The summed E-state index contributed by atoms with van der Waals surface area (Å²) in [7, 11) is -3.70. The van der Waals surface area contributed by atoms with E-state index in [1.165, 1.54) is 18.2 Å². The maximum absolute atomic E-state index is 12.0. The lowest BCUT2D eigenvalue weighted by molar-refractivity contribution is 0.263. The lowest BCUT2D eigenvalue weighted by atomic mass is 10.1. The van der Waals surface area contributed by atoms with Gasteiger partial charge >= 0.3 is 0 Å². The highest BCUT2D eigenvalue weighted by atomic mass is 32.2. The van der Waals surface area contributed by atoms with Crippen LogP contribution in [0.15, 0.2) is 23.1 Å². The molecule has 0 fully saturated rings. The monoisotopic (exact) mass is 283 g/mol. The van der Waals surface area contributed by atoms with E-state index >= 15 is 0 Å². The van der Waals surface area contributed by atoms with Gasteiger partial charge in [0.25, 0.3) is 0 Å². The third kappa shape index (κ3) is 4.21. The van der Waals surface area contributed by atoms with Crippen molar-refractivity contribution in [1.29, 1.82) is 5.26 Å². The van der Waals surface area contributed by atoms with Crippen molar-refractivity contribution in [3.05, 3.63) is 23.8 Å². The summed E-state index contributed by atoms with van der Waals surface area (Å²) in [5.74, 6) is 0.0272. The van der Waals surface area contributed by atoms with Crippen LogP contribution in [-0.2, 0) is 10.0 Å². The number of nitrogens with two attached hydrogens (primary N) is 1. The first-order chi connectivity index (χ1) is 8.90. The molecule has 1 aromatic rings. The predicted molar refractivity (Wildman–Crippen MR) is 71.6 cm³/mol. The van der Waals surface area contributed by atoms with Gasteiger partial charge in [0.1, 0.15) is 4.90 Å². The van der Waals surface area contributed by atoms with E-state index in [9.17, 15) is 8.42 Å². The number of nitrogens with zero attached hydrogens (tertiary/aromatic N) is 1. The number of anilines is 1. The summed E-state index contributed by atoms with van der Waals surface area (Å²) < 4.78 is 26.5. The Bertz CT molecular complexity index is 578. The third-order valence-electron chi connectivity index (χ3n) is 2.67. The quantitative estimate of drug-likeness (QED) is 0.655. The summed E-state index contributed by atoms with van der Waals surface area (Å²) >= 11 is 0. The molecule has 0 aliphatic heterocycles. The van der Waals surface area contributed by atoms with Gasteiger partial charge in [0.2, 0.25) is 10.0 Å². The molecule has 0 amide bonds. The normalized spacial score (nSPS) is 12.9. The van der Waals surface area contributed by atoms with E-state index in [1.807, 2.05) is 13.0 Å². The number of nitriles is 1. The summed E-state index contributed by atoms with van der Waals surface area (Å²) in [5, 5.41) is 17.5. The zero-order chi connectivity index (χ0) is 14.5. The maximum Gasteiger partial charge on any atom is 0.242 e. The average Bonchev–Trinajstić information content (AvgIpc) is 2.36. The SMILES string of the molecule is CC(CCO)CNS(=O)(=O)c1ccc(C#N)cc1N. The standard InChI is InChI=1S/C12H17N3O3S/c1-9(4-5-16)8-15-19(17,18)12-3-2-10(7-13)6-11(12)14/h2-3,6,9,15-16H,4-5,8,14H2,1H3. The highest BCUT2D eigenvalue weighted by Crippen LogP contribution is 2.19. The van der Waals surface area contributed by atoms with Crippen LogP contribution in [0, 0.1) is 17.2 Å². The molecule has 0 aliphatic carbocycles. The number of benzene rings is 1. The molecule has 1 rings (SSSR count). The van der Waals surface area contributed by atoms with E-state index in [0.717, 1.165) is 0 Å². The highest BCUT2D eigenvalue weighted by Gasteiger charge is 2.18. The Morgan fingerprint density at radius 1 is 1.53 bits per heavy atom. The van der Waals surface area contributed by atoms with E-state index in [-0.39, 0.29) is 29.7 Å². The minimum atomic E-state index is -3.70. The number of hydrogen-bond acceptors (Lipinski definition) is 5. The molecule has 0 radical (unpaired) electrons. The van der Waals surface area contributed by atoms with Gasteiger partial charge in [-0.15, -0.1) is 0 Å². The predicted octanol–water partition coefficient (Wildman–Crippen LogP) is 0.437. The second-order valence-corrected chi connectivity index (χ2v) is 6.07. The van der Waals surface area contributed by atoms with Crippen LogP contribution in [-0.4, -0.2) is 26.7 Å². The first-order valence-corrected chi connectivity index (χ1v) is 7.29. The molecule has 0 aromatic heterocycles. The fourth-order valence-electron chi connectivity index (χ4n) is 1.51. The van der Waals surface area contributed by atoms with Gasteiger partial charge in [0.05, 0.1) is 17.3 Å². The van der Waals surface area contributed by atoms with Crippen LogP contribution in [0.5, 0.6) is 0 Å². The van der Waals surface area contributed by atoms with Crippen LogP contribution in [0.2, 0.25) is 0 Å². The van der Waals surface area contributed by atoms with Crippen molar-refractivity contribution in [3.8, 4) is 6.07 Å². The molecule has 6 nitrogen and oxygen atoms in total. The first-order valence-electron chi connectivity index (χ1n) is 5.81. The van der Waals surface area contributed by atoms with Gasteiger partial charge in [-0.1, -0.05) is 6.92 Å². The molecule has 0 heterocycles. The lowest BCUT2D eigenvalue weighted by Crippen LogP contribution is -2.29. The van der Waals surface area contributed by atoms with Crippen molar-refractivity contribution in [3.63, 3.8) is 0 Å². The highest BCUT2D eigenvalue weighted by molar-refractivity contribution is 7.89. The minimum Gasteiger partial charge on any atom is -0.398 e. The summed E-state index contributed by atoms with van der Waals surface area (Å²) in [6, 6.07) is 5.93. The van der Waals surface area contributed by atoms with Crippen LogP contribution < -0.4 is 10.5 Å². The van der Waals surface area contributed by atoms with Crippen molar-refractivity contribution in [2.24, 2.45) is 5.92 Å². The smallest absolute Gasteiger partial charge is 0.242 e. The molecule has 19 heavy (non-hydrogen) atoms. The third-order valence-corrected chi connectivity index (χ3v) is 4.17. The molecule has 0 saturated heterocycles. The average molecular weight is 283 g/mol. The van der Waals surface area contributed by atoms with Gasteiger partial charge in [0.15, 0.2) is 0 Å². The van der Waals surface area contributed by atoms with E-state index in [2.05, 4.69) is 4.72 Å². The Labute approximate surface area is 112 Å². The van der Waals surface area contributed by atoms with Crippen LogP contribution in [0.1, 0.15) is 18.9 Å². The zero-order valence-electron chi connectivity index (χ0n) is 10.6. The molecule has 0 spiro atoms. The summed E-state index contributed by atoms with van der Waals surface area (Å²) in [6.45, 7) is 2.07. The molecule has 1 atom stereocenters. The van der Waals surface area contributed by atoms with Gasteiger partial charge in [-0.2, -0.15) is 5.26 Å². The maximum atomic E-state index is 12.0. The van der Waals surface area contributed by atoms with Crippen molar-refractivity contribution >= 4 is 15.7 Å². The molecule has 104 valence electrons. The number of nitrogens with one attached hydrogen (secondary N) is 1. The lowest BCUT2D eigenvalue weighted by Gasteiger charge is -2.13. The second-order valence-electron chi connectivity index (χ2n) is 4.33. The summed E-state index contributed by atoms with van der Waals surface area (Å²) in [5.41, 5.74) is 5.99. The van der Waals surface area contributed by atoms with E-state index < -0.39 is 10.0 Å². The number of hydrogen-bond donors (Lipinski definition) is 3.